The van der Waals surface area contributed by atoms with E-state index in [9.17, 15) is 9.90 Å². The predicted octanol–water partition coefficient (Wildman–Crippen LogP) is -0.495. The van der Waals surface area contributed by atoms with Crippen molar-refractivity contribution >= 4 is 22.7 Å². The van der Waals surface area contributed by atoms with Crippen molar-refractivity contribution in [2.75, 3.05) is 0 Å². The molecule has 110 valence electrons. The summed E-state index contributed by atoms with van der Waals surface area (Å²) in [6.45, 7) is 0.723. The van der Waals surface area contributed by atoms with Crippen LogP contribution in [-0.2, 0) is 11.3 Å². The van der Waals surface area contributed by atoms with E-state index >= 15 is 0 Å². The molecule has 6 heteroatoms. The van der Waals surface area contributed by atoms with Gasteiger partial charge >= 0.3 is 0 Å². The van der Waals surface area contributed by atoms with Gasteiger partial charge in [-0.2, -0.15) is 4.57 Å². The summed E-state index contributed by atoms with van der Waals surface area (Å²) in [5.74, 6) is 0.191. The first-order chi connectivity index (χ1) is 9.74. The van der Waals surface area contributed by atoms with Gasteiger partial charge in [-0.1, -0.05) is 6.07 Å². The molecule has 2 heterocycles. The van der Waals surface area contributed by atoms with Crippen LogP contribution >= 0.6 is 11.3 Å². The van der Waals surface area contributed by atoms with E-state index in [2.05, 4.69) is 4.98 Å². The van der Waals surface area contributed by atoms with Crippen LogP contribution in [0.15, 0.2) is 42.5 Å². The highest BCUT2D eigenvalue weighted by Crippen LogP contribution is 2.30. The summed E-state index contributed by atoms with van der Waals surface area (Å²) in [6, 6.07) is 5.92. The lowest BCUT2D eigenvalue weighted by molar-refractivity contribution is -0.687. The number of rotatable bonds is 3. The smallest absolute Gasteiger partial charge is 0.184 e. The van der Waals surface area contributed by atoms with Crippen molar-refractivity contribution < 1.29 is 31.4 Å². The zero-order valence-electron chi connectivity index (χ0n) is 11.3. The highest BCUT2D eigenvalue weighted by Gasteiger charge is 2.24. The first kappa shape index (κ1) is 15.9. The summed E-state index contributed by atoms with van der Waals surface area (Å²) in [6.07, 6.45) is 7.56. The molecule has 2 aromatic heterocycles. The summed E-state index contributed by atoms with van der Waals surface area (Å²) in [5, 5.41) is 10.5. The van der Waals surface area contributed by atoms with Gasteiger partial charge < -0.3 is 22.1 Å². The van der Waals surface area contributed by atoms with Gasteiger partial charge in [-0.05, 0) is 6.42 Å². The van der Waals surface area contributed by atoms with Crippen LogP contribution in [0.5, 0.6) is 0 Å². The molecular formula is C15H15BrN2O2S. The van der Waals surface area contributed by atoms with Crippen LogP contribution in [0.1, 0.15) is 29.1 Å². The number of thiazole rings is 1. The molecule has 1 aliphatic carbocycles. The fourth-order valence-corrected chi connectivity index (χ4v) is 3.29. The maximum atomic E-state index is 11.9. The number of ketones is 1. The number of hydrogen-bond donors (Lipinski definition) is 1. The fourth-order valence-electron chi connectivity index (χ4n) is 2.29. The SMILES string of the molecule is O=C1CCCC(O)=C1c1ncc(C[n+]2ccccc2)s1.[Br-]. The second-order valence-electron chi connectivity index (χ2n) is 4.78. The van der Waals surface area contributed by atoms with Crippen molar-refractivity contribution in [3.63, 3.8) is 0 Å². The third-order valence-corrected chi connectivity index (χ3v) is 4.27. The highest BCUT2D eigenvalue weighted by atomic mass is 79.9. The Morgan fingerprint density at radius 3 is 2.71 bits per heavy atom. The molecule has 0 saturated carbocycles. The number of carbonyl (C=O) groups is 1. The molecule has 21 heavy (non-hydrogen) atoms. The molecule has 0 saturated heterocycles. The maximum Gasteiger partial charge on any atom is 0.184 e. The molecule has 3 rings (SSSR count). The Bertz CT molecular complexity index is 667. The molecular weight excluding hydrogens is 352 g/mol. The zero-order chi connectivity index (χ0) is 13.9. The van der Waals surface area contributed by atoms with Crippen LogP contribution in [0, 0.1) is 0 Å². The molecule has 0 radical (unpaired) electrons. The predicted molar refractivity (Wildman–Crippen MR) is 76.3 cm³/mol. The van der Waals surface area contributed by atoms with E-state index in [0.29, 0.717) is 23.4 Å². The Morgan fingerprint density at radius 2 is 2.00 bits per heavy atom. The van der Waals surface area contributed by atoms with E-state index in [1.165, 1.54) is 11.3 Å². The molecule has 2 aromatic rings. The number of pyridine rings is 1. The maximum absolute atomic E-state index is 11.9. The molecule has 1 N–H and O–H groups in total. The number of carbonyl (C=O) groups excluding carboxylic acids is 1. The number of aromatic nitrogens is 2. The lowest BCUT2D eigenvalue weighted by atomic mass is 9.97. The van der Waals surface area contributed by atoms with Crippen molar-refractivity contribution in [3.05, 3.63) is 52.4 Å². The van der Waals surface area contributed by atoms with Crippen molar-refractivity contribution in [1.82, 2.24) is 4.98 Å². The van der Waals surface area contributed by atoms with Crippen molar-refractivity contribution in [1.29, 1.82) is 0 Å². The summed E-state index contributed by atoms with van der Waals surface area (Å²) in [5.41, 5.74) is 0.422. The summed E-state index contributed by atoms with van der Waals surface area (Å²) >= 11 is 1.47. The molecule has 0 fully saturated rings. The second-order valence-corrected chi connectivity index (χ2v) is 5.89. The van der Waals surface area contributed by atoms with Crippen molar-refractivity contribution in [3.8, 4) is 0 Å². The number of allylic oxidation sites excluding steroid dienone is 2. The van der Waals surface area contributed by atoms with E-state index in [0.717, 1.165) is 17.8 Å². The molecule has 0 unspecified atom stereocenters. The van der Waals surface area contributed by atoms with Crippen LogP contribution in [0.2, 0.25) is 0 Å². The number of hydrogen-bond acceptors (Lipinski definition) is 4. The molecule has 0 spiro atoms. The Morgan fingerprint density at radius 1 is 1.24 bits per heavy atom. The molecule has 0 bridgehead atoms. The topological polar surface area (TPSA) is 54.1 Å². The number of halogens is 1. The third kappa shape index (κ3) is 3.57. The minimum Gasteiger partial charge on any atom is -1.00 e. The van der Waals surface area contributed by atoms with E-state index < -0.39 is 0 Å². The molecule has 0 atom stereocenters. The average Bonchev–Trinajstić information content (AvgIpc) is 2.88. The van der Waals surface area contributed by atoms with Gasteiger partial charge in [0.05, 0.1) is 10.5 Å². The lowest BCUT2D eigenvalue weighted by Crippen LogP contribution is -3.00. The number of aliphatic hydroxyl groups is 1. The van der Waals surface area contributed by atoms with Crippen LogP contribution < -0.4 is 21.5 Å². The largest absolute Gasteiger partial charge is 1.00 e. The third-order valence-electron chi connectivity index (χ3n) is 3.27. The van der Waals surface area contributed by atoms with Crippen molar-refractivity contribution in [2.45, 2.75) is 25.8 Å². The van der Waals surface area contributed by atoms with Gasteiger partial charge in [0.25, 0.3) is 0 Å². The van der Waals surface area contributed by atoms with Gasteiger partial charge in [0.15, 0.2) is 24.7 Å². The minimum atomic E-state index is 0. The lowest BCUT2D eigenvalue weighted by Gasteiger charge is -2.12. The van der Waals surface area contributed by atoms with E-state index in [1.807, 2.05) is 35.2 Å². The van der Waals surface area contributed by atoms with E-state index in [1.54, 1.807) is 6.20 Å². The van der Waals surface area contributed by atoms with E-state index in [4.69, 9.17) is 0 Å². The second kappa shape index (κ2) is 6.95. The van der Waals surface area contributed by atoms with Gasteiger partial charge in [-0.3, -0.25) is 4.79 Å². The Kier molecular flexibility index (Phi) is 5.25. The first-order valence-electron chi connectivity index (χ1n) is 6.58. The molecule has 1 aliphatic rings. The molecule has 0 amide bonds. The quantitative estimate of drug-likeness (QED) is 0.745. The fraction of sp³-hybridized carbons (Fsp3) is 0.267. The van der Waals surface area contributed by atoms with Crippen LogP contribution in [0.3, 0.4) is 0 Å². The van der Waals surface area contributed by atoms with Crippen LogP contribution in [0.4, 0.5) is 0 Å². The normalized spacial score (nSPS) is 15.0. The molecule has 4 nitrogen and oxygen atoms in total. The zero-order valence-corrected chi connectivity index (χ0v) is 13.7. The van der Waals surface area contributed by atoms with Gasteiger partial charge in [-0.25, -0.2) is 4.98 Å². The standard InChI is InChI=1S/C15H14N2O2S.BrH/c18-12-5-4-6-13(19)14(12)15-16-9-11(20-15)10-17-7-2-1-3-8-17;/h1-3,7-9H,4-6,10H2;1H. The van der Waals surface area contributed by atoms with Gasteiger partial charge in [0, 0.05) is 31.2 Å². The Labute approximate surface area is 137 Å². The summed E-state index contributed by atoms with van der Waals surface area (Å²) in [7, 11) is 0. The van der Waals surface area contributed by atoms with Gasteiger partial charge in [0.2, 0.25) is 0 Å². The molecule has 0 aliphatic heterocycles. The Hall–Kier alpha value is -1.53. The van der Waals surface area contributed by atoms with Gasteiger partial charge in [-0.15, -0.1) is 11.3 Å². The van der Waals surface area contributed by atoms with Crippen LogP contribution in [0.25, 0.3) is 5.57 Å². The minimum absolute atomic E-state index is 0. The first-order valence-corrected chi connectivity index (χ1v) is 7.40. The molecule has 0 aromatic carbocycles. The summed E-state index contributed by atoms with van der Waals surface area (Å²) < 4.78 is 2.05. The monoisotopic (exact) mass is 366 g/mol. The van der Waals surface area contributed by atoms with Crippen molar-refractivity contribution in [2.24, 2.45) is 0 Å². The Balaban J connectivity index is 0.00000161. The van der Waals surface area contributed by atoms with Gasteiger partial charge in [0.1, 0.15) is 10.8 Å². The average molecular weight is 367 g/mol. The van der Waals surface area contributed by atoms with Crippen LogP contribution in [-0.4, -0.2) is 15.9 Å². The van der Waals surface area contributed by atoms with E-state index in [-0.39, 0.29) is 28.5 Å². The number of aliphatic hydroxyl groups excluding tert-OH is 1. The highest BCUT2D eigenvalue weighted by molar-refractivity contribution is 7.13. The number of Topliss-reactive ketones (excluding diaryl/α,β-unsaturated/α-hetero) is 1. The number of nitrogens with zero attached hydrogens (tertiary/aromatic N) is 2. The summed E-state index contributed by atoms with van der Waals surface area (Å²) in [4.78, 5) is 17.3.